The van der Waals surface area contributed by atoms with Crippen LogP contribution in [0.1, 0.15) is 5.56 Å². The standard InChI is InChI=1S/C13H15BrClNOS/c1-16-4-5-18-8-12(16)13(17)6-9-2-3-10(14)7-11(9)15/h2-3,7,12H,4-6,8H2,1H3. The van der Waals surface area contributed by atoms with Crippen LogP contribution in [0.4, 0.5) is 0 Å². The van der Waals surface area contributed by atoms with Gasteiger partial charge in [0.15, 0.2) is 5.78 Å². The minimum Gasteiger partial charge on any atom is -0.298 e. The second-order valence-electron chi connectivity index (χ2n) is 4.45. The average Bonchev–Trinajstić information content (AvgIpc) is 2.33. The molecule has 98 valence electrons. The quantitative estimate of drug-likeness (QED) is 0.836. The van der Waals surface area contributed by atoms with Crippen molar-refractivity contribution in [3.8, 4) is 0 Å². The van der Waals surface area contributed by atoms with Crippen LogP contribution in [-0.4, -0.2) is 41.8 Å². The monoisotopic (exact) mass is 347 g/mol. The summed E-state index contributed by atoms with van der Waals surface area (Å²) in [7, 11) is 2.02. The van der Waals surface area contributed by atoms with Gasteiger partial charge in [-0.2, -0.15) is 11.8 Å². The van der Waals surface area contributed by atoms with Gasteiger partial charge in [-0.05, 0) is 24.7 Å². The lowest BCUT2D eigenvalue weighted by molar-refractivity contribution is -0.122. The van der Waals surface area contributed by atoms with Crippen molar-refractivity contribution in [3.05, 3.63) is 33.3 Å². The molecule has 0 aliphatic carbocycles. The van der Waals surface area contributed by atoms with E-state index in [9.17, 15) is 4.79 Å². The molecular weight excluding hydrogens is 334 g/mol. The van der Waals surface area contributed by atoms with Crippen LogP contribution in [0.25, 0.3) is 0 Å². The third-order valence-electron chi connectivity index (χ3n) is 3.15. The number of thioether (sulfide) groups is 1. The highest BCUT2D eigenvalue weighted by Gasteiger charge is 2.26. The molecule has 0 spiro atoms. The molecule has 0 bridgehead atoms. The van der Waals surface area contributed by atoms with Crippen LogP contribution >= 0.6 is 39.3 Å². The zero-order valence-electron chi connectivity index (χ0n) is 10.2. The number of rotatable bonds is 3. The third kappa shape index (κ3) is 3.50. The van der Waals surface area contributed by atoms with Gasteiger partial charge in [-0.3, -0.25) is 9.69 Å². The SMILES string of the molecule is CN1CCSCC1C(=O)Cc1ccc(Br)cc1Cl. The largest absolute Gasteiger partial charge is 0.298 e. The van der Waals surface area contributed by atoms with E-state index in [-0.39, 0.29) is 11.8 Å². The van der Waals surface area contributed by atoms with E-state index in [0.717, 1.165) is 28.1 Å². The van der Waals surface area contributed by atoms with E-state index in [0.29, 0.717) is 11.4 Å². The molecule has 0 saturated carbocycles. The summed E-state index contributed by atoms with van der Waals surface area (Å²) in [4.78, 5) is 14.4. The van der Waals surface area contributed by atoms with Gasteiger partial charge in [-0.25, -0.2) is 0 Å². The maximum Gasteiger partial charge on any atom is 0.155 e. The lowest BCUT2D eigenvalue weighted by Gasteiger charge is -2.30. The first kappa shape index (κ1) is 14.4. The van der Waals surface area contributed by atoms with Crippen molar-refractivity contribution in [1.82, 2.24) is 4.90 Å². The molecule has 0 amide bonds. The van der Waals surface area contributed by atoms with Crippen molar-refractivity contribution in [3.63, 3.8) is 0 Å². The van der Waals surface area contributed by atoms with Gasteiger partial charge in [0.05, 0.1) is 6.04 Å². The summed E-state index contributed by atoms with van der Waals surface area (Å²) < 4.78 is 0.939. The molecule has 1 heterocycles. The van der Waals surface area contributed by atoms with Crippen molar-refractivity contribution >= 4 is 45.1 Å². The van der Waals surface area contributed by atoms with Gasteiger partial charge in [0.1, 0.15) is 0 Å². The predicted molar refractivity (Wildman–Crippen MR) is 81.6 cm³/mol. The van der Waals surface area contributed by atoms with Gasteiger partial charge >= 0.3 is 0 Å². The lowest BCUT2D eigenvalue weighted by atomic mass is 10.0. The molecule has 5 heteroatoms. The van der Waals surface area contributed by atoms with E-state index in [1.165, 1.54) is 0 Å². The van der Waals surface area contributed by atoms with Crippen LogP contribution < -0.4 is 0 Å². The average molecular weight is 349 g/mol. The van der Waals surface area contributed by atoms with E-state index in [1.807, 2.05) is 37.0 Å². The Labute approximate surface area is 125 Å². The second-order valence-corrected chi connectivity index (χ2v) is 6.92. The van der Waals surface area contributed by atoms with E-state index >= 15 is 0 Å². The summed E-state index contributed by atoms with van der Waals surface area (Å²) in [5, 5.41) is 0.656. The van der Waals surface area contributed by atoms with Gasteiger partial charge in [0.2, 0.25) is 0 Å². The highest BCUT2D eigenvalue weighted by molar-refractivity contribution is 9.10. The number of hydrogen-bond acceptors (Lipinski definition) is 3. The molecule has 1 aliphatic heterocycles. The molecule has 1 aliphatic rings. The number of halogens is 2. The van der Waals surface area contributed by atoms with Gasteiger partial charge in [0.25, 0.3) is 0 Å². The lowest BCUT2D eigenvalue weighted by Crippen LogP contribution is -2.45. The van der Waals surface area contributed by atoms with Crippen molar-refractivity contribution in [2.45, 2.75) is 12.5 Å². The Kier molecular flexibility index (Phi) is 5.13. The smallest absolute Gasteiger partial charge is 0.155 e. The summed E-state index contributed by atoms with van der Waals surface area (Å²) in [5.41, 5.74) is 0.911. The molecule has 0 aromatic heterocycles. The minimum absolute atomic E-state index is 0.0310. The van der Waals surface area contributed by atoms with Gasteiger partial charge in [-0.15, -0.1) is 0 Å². The van der Waals surface area contributed by atoms with Crippen LogP contribution in [0, 0.1) is 0 Å². The molecule has 1 aromatic rings. The molecular formula is C13H15BrClNOS. The number of nitrogens with zero attached hydrogens (tertiary/aromatic N) is 1. The van der Waals surface area contributed by atoms with Crippen LogP contribution in [0.3, 0.4) is 0 Å². The summed E-state index contributed by atoms with van der Waals surface area (Å²) in [6.45, 7) is 0.981. The Hall–Kier alpha value is -0.0300. The second kappa shape index (κ2) is 6.42. The van der Waals surface area contributed by atoms with Crippen LogP contribution in [0.5, 0.6) is 0 Å². The normalized spacial score (nSPS) is 20.9. The number of Topliss-reactive ketones (excluding diaryl/α,β-unsaturated/α-hetero) is 1. The molecule has 1 atom stereocenters. The molecule has 1 aromatic carbocycles. The zero-order chi connectivity index (χ0) is 13.1. The van der Waals surface area contributed by atoms with Crippen LogP contribution in [0.15, 0.2) is 22.7 Å². The molecule has 0 radical (unpaired) electrons. The molecule has 18 heavy (non-hydrogen) atoms. The minimum atomic E-state index is 0.0310. The first-order chi connectivity index (χ1) is 8.58. The topological polar surface area (TPSA) is 20.3 Å². The maximum absolute atomic E-state index is 12.3. The Morgan fingerprint density at radius 1 is 1.61 bits per heavy atom. The van der Waals surface area contributed by atoms with Crippen molar-refractivity contribution in [1.29, 1.82) is 0 Å². The number of ketones is 1. The van der Waals surface area contributed by atoms with Gasteiger partial charge in [-0.1, -0.05) is 33.6 Å². The number of carbonyl (C=O) groups excluding carboxylic acids is 1. The molecule has 1 fully saturated rings. The fraction of sp³-hybridized carbons (Fsp3) is 0.462. The molecule has 1 saturated heterocycles. The molecule has 2 nitrogen and oxygen atoms in total. The molecule has 2 rings (SSSR count). The third-order valence-corrected chi connectivity index (χ3v) is 5.02. The predicted octanol–water partition coefficient (Wildman–Crippen LogP) is 3.26. The first-order valence-electron chi connectivity index (χ1n) is 5.82. The number of hydrogen-bond donors (Lipinski definition) is 0. The molecule has 0 N–H and O–H groups in total. The number of likely N-dealkylation sites (N-methyl/N-ethyl adjacent to an activating group) is 1. The van der Waals surface area contributed by atoms with Crippen LogP contribution in [0.2, 0.25) is 5.02 Å². The van der Waals surface area contributed by atoms with E-state index in [2.05, 4.69) is 20.8 Å². The summed E-state index contributed by atoms with van der Waals surface area (Å²) in [6, 6.07) is 5.71. The number of carbonyl (C=O) groups is 1. The Morgan fingerprint density at radius 3 is 3.06 bits per heavy atom. The zero-order valence-corrected chi connectivity index (χ0v) is 13.3. The van der Waals surface area contributed by atoms with E-state index < -0.39 is 0 Å². The van der Waals surface area contributed by atoms with Crippen molar-refractivity contribution in [2.24, 2.45) is 0 Å². The first-order valence-corrected chi connectivity index (χ1v) is 8.15. The van der Waals surface area contributed by atoms with Gasteiger partial charge < -0.3 is 0 Å². The van der Waals surface area contributed by atoms with Crippen molar-refractivity contribution < 1.29 is 4.79 Å². The summed E-state index contributed by atoms with van der Waals surface area (Å²) >= 11 is 11.4. The van der Waals surface area contributed by atoms with E-state index in [4.69, 9.17) is 11.6 Å². The Balaban J connectivity index is 2.06. The fourth-order valence-electron chi connectivity index (χ4n) is 2.00. The van der Waals surface area contributed by atoms with Gasteiger partial charge in [0, 0.05) is 34.0 Å². The van der Waals surface area contributed by atoms with E-state index in [1.54, 1.807) is 0 Å². The Morgan fingerprint density at radius 2 is 2.39 bits per heavy atom. The number of benzene rings is 1. The maximum atomic E-state index is 12.3. The Bertz CT molecular complexity index is 455. The highest BCUT2D eigenvalue weighted by atomic mass is 79.9. The van der Waals surface area contributed by atoms with Crippen molar-refractivity contribution in [2.75, 3.05) is 25.1 Å². The molecule has 1 unspecified atom stereocenters. The summed E-state index contributed by atoms with van der Waals surface area (Å²) in [6.07, 6.45) is 0.418. The summed E-state index contributed by atoms with van der Waals surface area (Å²) in [5.74, 6) is 2.26. The van der Waals surface area contributed by atoms with Crippen LogP contribution in [-0.2, 0) is 11.2 Å². The highest BCUT2D eigenvalue weighted by Crippen LogP contribution is 2.23. The fourth-order valence-corrected chi connectivity index (χ4v) is 3.98.